The summed E-state index contributed by atoms with van der Waals surface area (Å²) in [7, 11) is 1.57. The molecule has 2 N–H and O–H groups in total. The van der Waals surface area contributed by atoms with Gasteiger partial charge < -0.3 is 25.0 Å². The van der Waals surface area contributed by atoms with E-state index in [1.165, 1.54) is 18.5 Å². The zero-order valence-corrected chi connectivity index (χ0v) is 20.8. The average molecular weight is 522 g/mol. The Labute approximate surface area is 218 Å². The number of benzene rings is 3. The number of piperidine rings is 1. The first kappa shape index (κ1) is 24.6. The second-order valence-corrected chi connectivity index (χ2v) is 9.00. The Kier molecular flexibility index (Phi) is 7.23. The molecule has 3 aromatic carbocycles. The maximum Gasteiger partial charge on any atom is 0.321 e. The van der Waals surface area contributed by atoms with Crippen molar-refractivity contribution in [2.75, 3.05) is 30.8 Å². The number of anilines is 3. The lowest BCUT2D eigenvalue weighted by molar-refractivity contribution is 0.113. The third-order valence-electron chi connectivity index (χ3n) is 6.15. The van der Waals surface area contributed by atoms with Gasteiger partial charge in [-0.3, -0.25) is 0 Å². The highest BCUT2D eigenvalue weighted by Crippen LogP contribution is 2.36. The smallest absolute Gasteiger partial charge is 0.321 e. The minimum atomic E-state index is -0.497. The molecule has 190 valence electrons. The van der Waals surface area contributed by atoms with E-state index in [0.29, 0.717) is 59.8 Å². The first-order chi connectivity index (χ1) is 18.0. The Morgan fingerprint density at radius 2 is 1.81 bits per heavy atom. The highest BCUT2D eigenvalue weighted by Gasteiger charge is 2.25. The van der Waals surface area contributed by atoms with E-state index in [0.717, 1.165) is 5.69 Å². The summed E-state index contributed by atoms with van der Waals surface area (Å²) in [6.45, 7) is 1.14. The predicted molar refractivity (Wildman–Crippen MR) is 141 cm³/mol. The normalized spacial score (nSPS) is 13.9. The Hall–Kier alpha value is -4.11. The molecule has 0 bridgehead atoms. The number of halogens is 2. The van der Waals surface area contributed by atoms with E-state index in [2.05, 4.69) is 20.6 Å². The van der Waals surface area contributed by atoms with E-state index in [1.54, 1.807) is 24.1 Å². The van der Waals surface area contributed by atoms with Crippen LogP contribution in [0.15, 0.2) is 67.0 Å². The van der Waals surface area contributed by atoms with Crippen LogP contribution in [0.25, 0.3) is 10.9 Å². The zero-order valence-electron chi connectivity index (χ0n) is 20.1. The molecule has 1 aliphatic rings. The number of nitrogens with one attached hydrogen (secondary N) is 2. The summed E-state index contributed by atoms with van der Waals surface area (Å²) in [4.78, 5) is 23.1. The number of hydrogen-bond acceptors (Lipinski definition) is 6. The van der Waals surface area contributed by atoms with Crippen molar-refractivity contribution in [2.45, 2.75) is 18.9 Å². The van der Waals surface area contributed by atoms with Crippen LogP contribution >= 0.6 is 11.6 Å². The Morgan fingerprint density at radius 3 is 2.54 bits per heavy atom. The minimum Gasteiger partial charge on any atom is -0.493 e. The van der Waals surface area contributed by atoms with Gasteiger partial charge in [-0.1, -0.05) is 29.8 Å². The van der Waals surface area contributed by atoms with Crippen molar-refractivity contribution in [2.24, 2.45) is 0 Å². The number of likely N-dealkylation sites (tertiary alicyclic amines) is 1. The number of nitrogens with zero attached hydrogens (tertiary/aromatic N) is 3. The molecule has 0 spiro atoms. The summed E-state index contributed by atoms with van der Waals surface area (Å²) in [5, 5.41) is 6.81. The summed E-state index contributed by atoms with van der Waals surface area (Å²) in [5.41, 5.74) is 2.01. The van der Waals surface area contributed by atoms with Gasteiger partial charge in [-0.2, -0.15) is 0 Å². The van der Waals surface area contributed by atoms with Crippen molar-refractivity contribution in [1.29, 1.82) is 0 Å². The van der Waals surface area contributed by atoms with E-state index in [1.807, 2.05) is 36.4 Å². The molecule has 1 fully saturated rings. The molecule has 4 aromatic rings. The van der Waals surface area contributed by atoms with Crippen LogP contribution in [0.1, 0.15) is 12.8 Å². The molecule has 37 heavy (non-hydrogen) atoms. The highest BCUT2D eigenvalue weighted by atomic mass is 35.5. The van der Waals surface area contributed by atoms with Crippen LogP contribution in [-0.2, 0) is 0 Å². The van der Waals surface area contributed by atoms with Crippen LogP contribution in [-0.4, -0.2) is 47.2 Å². The van der Waals surface area contributed by atoms with E-state index in [-0.39, 0.29) is 17.2 Å². The van der Waals surface area contributed by atoms with Crippen LogP contribution in [0.3, 0.4) is 0 Å². The number of carbonyl (C=O) groups is 1. The van der Waals surface area contributed by atoms with Crippen LogP contribution in [0.4, 0.5) is 26.4 Å². The molecule has 8 nitrogen and oxygen atoms in total. The van der Waals surface area contributed by atoms with Gasteiger partial charge in [0.25, 0.3) is 0 Å². The molecule has 5 rings (SSSR count). The average Bonchev–Trinajstić information content (AvgIpc) is 2.91. The van der Waals surface area contributed by atoms with Crippen molar-refractivity contribution < 1.29 is 18.7 Å². The maximum absolute atomic E-state index is 13.6. The van der Waals surface area contributed by atoms with Crippen molar-refractivity contribution in [1.82, 2.24) is 14.9 Å². The largest absolute Gasteiger partial charge is 0.493 e. The van der Waals surface area contributed by atoms with E-state index < -0.39 is 5.82 Å². The van der Waals surface area contributed by atoms with Gasteiger partial charge in [0.2, 0.25) is 0 Å². The van der Waals surface area contributed by atoms with Crippen LogP contribution in [0.2, 0.25) is 5.02 Å². The van der Waals surface area contributed by atoms with Gasteiger partial charge in [0, 0.05) is 48.8 Å². The summed E-state index contributed by atoms with van der Waals surface area (Å²) in [6.07, 6.45) is 2.69. The Bertz CT molecular complexity index is 1410. The van der Waals surface area contributed by atoms with Gasteiger partial charge in [0.15, 0.2) is 11.5 Å². The molecular weight excluding hydrogens is 497 g/mol. The lowest BCUT2D eigenvalue weighted by Crippen LogP contribution is -2.43. The second-order valence-electron chi connectivity index (χ2n) is 8.60. The van der Waals surface area contributed by atoms with Crippen LogP contribution < -0.4 is 20.1 Å². The second kappa shape index (κ2) is 10.9. The summed E-state index contributed by atoms with van der Waals surface area (Å²) in [6, 6.07) is 17.2. The van der Waals surface area contributed by atoms with Gasteiger partial charge in [0.05, 0.1) is 17.6 Å². The lowest BCUT2D eigenvalue weighted by atomic mass is 10.1. The van der Waals surface area contributed by atoms with E-state index >= 15 is 0 Å². The van der Waals surface area contributed by atoms with Gasteiger partial charge in [-0.15, -0.1) is 0 Å². The quantitative estimate of drug-likeness (QED) is 0.312. The van der Waals surface area contributed by atoms with Gasteiger partial charge in [-0.25, -0.2) is 19.2 Å². The number of para-hydroxylation sites is 1. The van der Waals surface area contributed by atoms with Crippen LogP contribution in [0, 0.1) is 5.82 Å². The highest BCUT2D eigenvalue weighted by molar-refractivity contribution is 6.31. The molecule has 0 saturated carbocycles. The monoisotopic (exact) mass is 521 g/mol. The van der Waals surface area contributed by atoms with E-state index in [9.17, 15) is 9.18 Å². The fourth-order valence-corrected chi connectivity index (χ4v) is 4.39. The number of aromatic nitrogens is 2. The third-order valence-corrected chi connectivity index (χ3v) is 6.44. The number of carbonyl (C=O) groups excluding carboxylic acids is 1. The van der Waals surface area contributed by atoms with Gasteiger partial charge >= 0.3 is 6.03 Å². The van der Waals surface area contributed by atoms with Crippen molar-refractivity contribution in [3.63, 3.8) is 0 Å². The molecule has 10 heteroatoms. The number of urea groups is 1. The van der Waals surface area contributed by atoms with Crippen molar-refractivity contribution >= 4 is 45.7 Å². The summed E-state index contributed by atoms with van der Waals surface area (Å²) in [5.74, 6) is 1.12. The SMILES string of the molecule is COc1cc2ncnc(Nc3ccc(F)c(Cl)c3)c2cc1OC1CCN(C(=O)Nc2ccccc2)CC1. The fraction of sp³-hybridized carbons (Fsp3) is 0.222. The first-order valence-corrected chi connectivity index (χ1v) is 12.2. The van der Waals surface area contributed by atoms with Gasteiger partial charge in [0.1, 0.15) is 24.1 Å². The van der Waals surface area contributed by atoms with Crippen molar-refractivity contribution in [3.8, 4) is 11.5 Å². The number of fused-ring (bicyclic) bond motifs is 1. The third kappa shape index (κ3) is 5.67. The molecule has 1 aromatic heterocycles. The van der Waals surface area contributed by atoms with Crippen LogP contribution in [0.5, 0.6) is 11.5 Å². The minimum absolute atomic E-state index is 0.0119. The fourth-order valence-electron chi connectivity index (χ4n) is 4.21. The van der Waals surface area contributed by atoms with E-state index in [4.69, 9.17) is 21.1 Å². The number of amides is 2. The van der Waals surface area contributed by atoms with Crippen molar-refractivity contribution in [3.05, 3.63) is 77.8 Å². The molecule has 0 atom stereocenters. The number of hydrogen-bond donors (Lipinski definition) is 2. The predicted octanol–water partition coefficient (Wildman–Crippen LogP) is 6.25. The summed E-state index contributed by atoms with van der Waals surface area (Å²) < 4.78 is 25.5. The van der Waals surface area contributed by atoms with Gasteiger partial charge in [-0.05, 0) is 36.4 Å². The molecule has 0 aliphatic carbocycles. The lowest BCUT2D eigenvalue weighted by Gasteiger charge is -2.32. The molecular formula is C27H25ClFN5O3. The zero-order chi connectivity index (χ0) is 25.8. The standard InChI is InChI=1S/C27H25ClFN5O3/c1-36-24-15-23-20(26(31-16-30-23)32-18-7-8-22(29)21(28)13-18)14-25(24)37-19-9-11-34(12-10-19)27(35)33-17-5-3-2-4-6-17/h2-8,13-16,19H,9-12H2,1H3,(H,33,35)(H,30,31,32). The summed E-state index contributed by atoms with van der Waals surface area (Å²) >= 11 is 5.93. The molecule has 0 radical (unpaired) electrons. The molecule has 0 unspecified atom stereocenters. The first-order valence-electron chi connectivity index (χ1n) is 11.8. The maximum atomic E-state index is 13.6. The number of methoxy groups -OCH3 is 1. The number of rotatable bonds is 6. The molecule has 2 amide bonds. The Balaban J connectivity index is 1.30. The number of ether oxygens (including phenoxy) is 2. The molecule has 1 aliphatic heterocycles. The topological polar surface area (TPSA) is 88.6 Å². The molecule has 1 saturated heterocycles. The Morgan fingerprint density at radius 1 is 1.03 bits per heavy atom. The molecule has 2 heterocycles.